The molecule has 2 aliphatic heterocycles. The number of nitrogens with one attached hydrogen (secondary N) is 1. The van der Waals surface area contributed by atoms with E-state index in [4.69, 9.17) is 0 Å². The fourth-order valence-electron chi connectivity index (χ4n) is 2.84. The van der Waals surface area contributed by atoms with E-state index in [1.54, 1.807) is 4.90 Å². The second-order valence-electron chi connectivity index (χ2n) is 5.79. The smallest absolute Gasteiger partial charge is 0.325 e. The molecule has 2 saturated heterocycles. The van der Waals surface area contributed by atoms with E-state index in [2.05, 4.69) is 10.2 Å². The summed E-state index contributed by atoms with van der Waals surface area (Å²) < 4.78 is 0. The first-order valence-electron chi connectivity index (χ1n) is 7.54. The Morgan fingerprint density at radius 1 is 1.14 bits per heavy atom. The van der Waals surface area contributed by atoms with Gasteiger partial charge < -0.3 is 15.1 Å². The molecule has 0 bridgehead atoms. The average Bonchev–Trinajstić information content (AvgIpc) is 2.72. The predicted octanol–water partition coefficient (Wildman–Crippen LogP) is -0.129. The molecule has 0 aliphatic carbocycles. The molecule has 7 heteroatoms. The molecule has 2 aliphatic rings. The van der Waals surface area contributed by atoms with E-state index in [0.29, 0.717) is 25.9 Å². The number of urea groups is 1. The van der Waals surface area contributed by atoms with Crippen molar-refractivity contribution in [1.29, 1.82) is 0 Å². The molecular formula is C14H24N4O3. The normalized spacial score (nSPS) is 22.6. The molecule has 0 radical (unpaired) electrons. The highest BCUT2D eigenvalue weighted by atomic mass is 16.2. The van der Waals surface area contributed by atoms with Gasteiger partial charge in [-0.15, -0.1) is 0 Å². The van der Waals surface area contributed by atoms with Crippen LogP contribution in [0.3, 0.4) is 0 Å². The van der Waals surface area contributed by atoms with Gasteiger partial charge in [-0.1, -0.05) is 13.8 Å². The summed E-state index contributed by atoms with van der Waals surface area (Å²) in [5, 5.41) is 2.74. The second-order valence-corrected chi connectivity index (χ2v) is 5.79. The molecule has 118 valence electrons. The molecule has 2 heterocycles. The van der Waals surface area contributed by atoms with Crippen LogP contribution in [0, 0.1) is 0 Å². The lowest BCUT2D eigenvalue weighted by molar-refractivity contribution is -0.140. The average molecular weight is 296 g/mol. The zero-order chi connectivity index (χ0) is 15.6. The number of imide groups is 1. The number of hydrogen-bond donors (Lipinski definition) is 1. The van der Waals surface area contributed by atoms with Crippen molar-refractivity contribution in [3.63, 3.8) is 0 Å². The lowest BCUT2D eigenvalue weighted by Crippen LogP contribution is -2.51. The molecule has 0 saturated carbocycles. The van der Waals surface area contributed by atoms with Gasteiger partial charge in [-0.3, -0.25) is 14.5 Å². The van der Waals surface area contributed by atoms with Crippen LogP contribution in [0.5, 0.6) is 0 Å². The van der Waals surface area contributed by atoms with E-state index >= 15 is 0 Å². The first-order chi connectivity index (χ1) is 9.93. The van der Waals surface area contributed by atoms with Gasteiger partial charge in [0.1, 0.15) is 12.1 Å². The van der Waals surface area contributed by atoms with Crippen LogP contribution in [-0.4, -0.2) is 77.9 Å². The van der Waals surface area contributed by atoms with E-state index in [9.17, 15) is 14.4 Å². The third-order valence-electron chi connectivity index (χ3n) is 4.60. The quantitative estimate of drug-likeness (QED) is 0.734. The lowest BCUT2D eigenvalue weighted by atomic mass is 9.93. The molecule has 2 rings (SSSR count). The van der Waals surface area contributed by atoms with E-state index in [-0.39, 0.29) is 18.4 Å². The molecule has 0 aromatic rings. The van der Waals surface area contributed by atoms with Gasteiger partial charge >= 0.3 is 6.03 Å². The zero-order valence-electron chi connectivity index (χ0n) is 13.0. The zero-order valence-corrected chi connectivity index (χ0v) is 13.0. The van der Waals surface area contributed by atoms with E-state index in [1.807, 2.05) is 20.9 Å². The first-order valence-corrected chi connectivity index (χ1v) is 7.54. The Labute approximate surface area is 125 Å². The summed E-state index contributed by atoms with van der Waals surface area (Å²) in [5.41, 5.74) is -0.834. The fraction of sp³-hybridized carbons (Fsp3) is 0.786. The summed E-state index contributed by atoms with van der Waals surface area (Å²) in [4.78, 5) is 41.6. The van der Waals surface area contributed by atoms with E-state index in [1.165, 1.54) is 0 Å². The van der Waals surface area contributed by atoms with Crippen LogP contribution in [0.4, 0.5) is 4.79 Å². The summed E-state index contributed by atoms with van der Waals surface area (Å²) in [6, 6.07) is -0.453. The molecule has 0 atom stereocenters. The standard InChI is InChI=1S/C14H24N4O3/c1-4-14(5-2)12(20)18(13(21)15-14)10-11(19)17-8-6-16(3)7-9-17/h4-10H2,1-3H3,(H,15,21). The van der Waals surface area contributed by atoms with Gasteiger partial charge in [0.05, 0.1) is 0 Å². The van der Waals surface area contributed by atoms with Gasteiger partial charge in [-0.05, 0) is 19.9 Å². The minimum Gasteiger partial charge on any atom is -0.339 e. The van der Waals surface area contributed by atoms with Crippen molar-refractivity contribution in [2.45, 2.75) is 32.2 Å². The molecule has 0 aromatic carbocycles. The first kappa shape index (κ1) is 15.8. The highest BCUT2D eigenvalue weighted by Crippen LogP contribution is 2.24. The number of carbonyl (C=O) groups excluding carboxylic acids is 3. The van der Waals surface area contributed by atoms with Crippen molar-refractivity contribution >= 4 is 17.8 Å². The van der Waals surface area contributed by atoms with Crippen LogP contribution in [0.15, 0.2) is 0 Å². The Bertz CT molecular complexity index is 440. The maximum atomic E-state index is 12.4. The van der Waals surface area contributed by atoms with Gasteiger partial charge in [0, 0.05) is 26.2 Å². The Kier molecular flexibility index (Phi) is 4.51. The highest BCUT2D eigenvalue weighted by Gasteiger charge is 2.49. The molecule has 2 fully saturated rings. The van der Waals surface area contributed by atoms with Crippen molar-refractivity contribution in [3.8, 4) is 0 Å². The van der Waals surface area contributed by atoms with Crippen LogP contribution in [-0.2, 0) is 9.59 Å². The third kappa shape index (κ3) is 2.88. The van der Waals surface area contributed by atoms with Crippen LogP contribution in [0.1, 0.15) is 26.7 Å². The van der Waals surface area contributed by atoms with E-state index < -0.39 is 11.6 Å². The van der Waals surface area contributed by atoms with E-state index in [0.717, 1.165) is 18.0 Å². The number of hydrogen-bond acceptors (Lipinski definition) is 4. The monoisotopic (exact) mass is 296 g/mol. The molecule has 4 amide bonds. The van der Waals surface area contributed by atoms with Crippen LogP contribution < -0.4 is 5.32 Å². The minimum atomic E-state index is -0.834. The Morgan fingerprint density at radius 3 is 2.19 bits per heavy atom. The fourth-order valence-corrected chi connectivity index (χ4v) is 2.84. The van der Waals surface area contributed by atoms with Gasteiger partial charge in [-0.2, -0.15) is 0 Å². The predicted molar refractivity (Wildman–Crippen MR) is 77.6 cm³/mol. The van der Waals surface area contributed by atoms with Crippen LogP contribution in [0.2, 0.25) is 0 Å². The maximum absolute atomic E-state index is 12.4. The number of piperazine rings is 1. The minimum absolute atomic E-state index is 0.157. The van der Waals surface area contributed by atoms with Crippen molar-refractivity contribution < 1.29 is 14.4 Å². The third-order valence-corrected chi connectivity index (χ3v) is 4.60. The summed E-state index contributed by atoms with van der Waals surface area (Å²) >= 11 is 0. The topological polar surface area (TPSA) is 73.0 Å². The molecule has 1 N–H and O–H groups in total. The summed E-state index contributed by atoms with van der Waals surface area (Å²) in [6.07, 6.45) is 1.07. The molecule has 7 nitrogen and oxygen atoms in total. The van der Waals surface area contributed by atoms with Crippen molar-refractivity contribution in [2.24, 2.45) is 0 Å². The Morgan fingerprint density at radius 2 is 1.71 bits per heavy atom. The Hall–Kier alpha value is -1.63. The maximum Gasteiger partial charge on any atom is 0.325 e. The van der Waals surface area contributed by atoms with Crippen LogP contribution >= 0.6 is 0 Å². The van der Waals surface area contributed by atoms with Gasteiger partial charge in [0.15, 0.2) is 0 Å². The van der Waals surface area contributed by atoms with Crippen molar-refractivity contribution in [1.82, 2.24) is 20.0 Å². The molecular weight excluding hydrogens is 272 g/mol. The molecule has 0 spiro atoms. The summed E-state index contributed by atoms with van der Waals surface area (Å²) in [5.74, 6) is -0.436. The number of likely N-dealkylation sites (N-methyl/N-ethyl adjacent to an activating group) is 1. The van der Waals surface area contributed by atoms with Gasteiger partial charge in [-0.25, -0.2) is 4.79 Å². The molecule has 21 heavy (non-hydrogen) atoms. The van der Waals surface area contributed by atoms with Crippen molar-refractivity contribution in [3.05, 3.63) is 0 Å². The largest absolute Gasteiger partial charge is 0.339 e. The number of rotatable bonds is 4. The van der Waals surface area contributed by atoms with Gasteiger partial charge in [0.2, 0.25) is 5.91 Å². The number of amides is 4. The lowest BCUT2D eigenvalue weighted by Gasteiger charge is -2.33. The molecule has 0 unspecified atom stereocenters. The number of carbonyl (C=O) groups is 3. The number of nitrogens with zero attached hydrogens (tertiary/aromatic N) is 3. The molecule has 0 aromatic heterocycles. The van der Waals surface area contributed by atoms with Crippen molar-refractivity contribution in [2.75, 3.05) is 39.8 Å². The Balaban J connectivity index is 2.01. The summed E-state index contributed by atoms with van der Waals surface area (Å²) in [6.45, 7) is 6.51. The van der Waals surface area contributed by atoms with Crippen LogP contribution in [0.25, 0.3) is 0 Å². The van der Waals surface area contributed by atoms with Gasteiger partial charge in [0.25, 0.3) is 5.91 Å². The summed E-state index contributed by atoms with van der Waals surface area (Å²) in [7, 11) is 2.01. The SMILES string of the molecule is CCC1(CC)NC(=O)N(CC(=O)N2CCN(C)CC2)C1=O. The highest BCUT2D eigenvalue weighted by molar-refractivity contribution is 6.08. The second kappa shape index (κ2) is 6.01.